The van der Waals surface area contributed by atoms with E-state index in [0.717, 1.165) is 38.2 Å². The second-order valence-electron chi connectivity index (χ2n) is 7.38. The summed E-state index contributed by atoms with van der Waals surface area (Å²) in [6.07, 6.45) is 6.84. The second kappa shape index (κ2) is 7.54. The molecule has 4 nitrogen and oxygen atoms in total. The third-order valence-corrected chi connectivity index (χ3v) is 5.62. The molecule has 4 rings (SSSR count). The number of likely N-dealkylation sites (tertiary alicyclic amines) is 2. The molecule has 2 aliphatic heterocycles. The Morgan fingerprint density at radius 1 is 1.19 bits per heavy atom. The first-order valence-electron chi connectivity index (χ1n) is 9.38. The van der Waals surface area contributed by atoms with E-state index in [-0.39, 0.29) is 11.7 Å². The van der Waals surface area contributed by atoms with Gasteiger partial charge in [-0.05, 0) is 55.1 Å². The molecule has 0 aliphatic carbocycles. The quantitative estimate of drug-likeness (QED) is 0.849. The van der Waals surface area contributed by atoms with E-state index in [1.807, 2.05) is 17.0 Å². The zero-order chi connectivity index (χ0) is 17.9. The van der Waals surface area contributed by atoms with E-state index in [0.29, 0.717) is 17.5 Å². The Hall–Kier alpha value is -2.27. The van der Waals surface area contributed by atoms with Crippen molar-refractivity contribution >= 4 is 5.91 Å². The van der Waals surface area contributed by atoms with Crippen LogP contribution >= 0.6 is 0 Å². The van der Waals surface area contributed by atoms with E-state index >= 15 is 0 Å². The van der Waals surface area contributed by atoms with Crippen LogP contribution in [0.2, 0.25) is 0 Å². The standard InChI is InChI=1S/C21H24FN3O/c22-19-8-3-5-16(11-19)13-24-10-2-1-6-18-14-25(15-20(18)24)21(26)17-7-4-9-23-12-17/h3-5,7-9,11-12,18,20H,1-2,6,10,13-15H2/t18-,20+/m0/s1. The molecule has 5 heteroatoms. The van der Waals surface area contributed by atoms with Crippen LogP contribution in [-0.2, 0) is 6.54 Å². The van der Waals surface area contributed by atoms with Gasteiger partial charge in [0.1, 0.15) is 5.82 Å². The summed E-state index contributed by atoms with van der Waals surface area (Å²) >= 11 is 0. The monoisotopic (exact) mass is 353 g/mol. The summed E-state index contributed by atoms with van der Waals surface area (Å²) in [6.45, 7) is 3.30. The van der Waals surface area contributed by atoms with Crippen LogP contribution in [-0.4, -0.2) is 46.4 Å². The van der Waals surface area contributed by atoms with E-state index in [4.69, 9.17) is 0 Å². The van der Waals surface area contributed by atoms with Gasteiger partial charge in [-0.2, -0.15) is 0 Å². The number of hydrogen-bond acceptors (Lipinski definition) is 3. The summed E-state index contributed by atoms with van der Waals surface area (Å²) in [7, 11) is 0. The molecule has 0 unspecified atom stereocenters. The maximum absolute atomic E-state index is 13.5. The van der Waals surface area contributed by atoms with Gasteiger partial charge >= 0.3 is 0 Å². The van der Waals surface area contributed by atoms with E-state index < -0.39 is 0 Å². The van der Waals surface area contributed by atoms with Crippen molar-refractivity contribution in [3.63, 3.8) is 0 Å². The lowest BCUT2D eigenvalue weighted by Gasteiger charge is -2.30. The normalized spacial score (nSPS) is 23.5. The van der Waals surface area contributed by atoms with Crippen LogP contribution in [0, 0.1) is 11.7 Å². The third-order valence-electron chi connectivity index (χ3n) is 5.62. The highest BCUT2D eigenvalue weighted by Crippen LogP contribution is 2.31. The van der Waals surface area contributed by atoms with Gasteiger partial charge in [0.05, 0.1) is 5.56 Å². The van der Waals surface area contributed by atoms with Gasteiger partial charge in [-0.15, -0.1) is 0 Å². The van der Waals surface area contributed by atoms with Gasteiger partial charge in [0.2, 0.25) is 0 Å². The molecule has 1 aromatic heterocycles. The van der Waals surface area contributed by atoms with Crippen molar-refractivity contribution in [2.75, 3.05) is 19.6 Å². The fourth-order valence-corrected chi connectivity index (χ4v) is 4.34. The zero-order valence-electron chi connectivity index (χ0n) is 14.9. The molecule has 2 aromatic rings. The number of halogens is 1. The average Bonchev–Trinajstić information content (AvgIpc) is 3.00. The van der Waals surface area contributed by atoms with Crippen LogP contribution in [0.25, 0.3) is 0 Å². The largest absolute Gasteiger partial charge is 0.337 e. The van der Waals surface area contributed by atoms with Gasteiger partial charge in [-0.25, -0.2) is 4.39 Å². The number of pyridine rings is 1. The molecule has 136 valence electrons. The number of benzene rings is 1. The van der Waals surface area contributed by atoms with Crippen molar-refractivity contribution in [3.8, 4) is 0 Å². The number of amides is 1. The lowest BCUT2D eigenvalue weighted by atomic mass is 9.98. The molecular formula is C21H24FN3O. The number of carbonyl (C=O) groups excluding carboxylic acids is 1. The van der Waals surface area contributed by atoms with Crippen molar-refractivity contribution in [2.45, 2.75) is 31.8 Å². The fourth-order valence-electron chi connectivity index (χ4n) is 4.34. The van der Waals surface area contributed by atoms with Gasteiger partial charge < -0.3 is 4.90 Å². The molecule has 2 aliphatic rings. The number of fused-ring (bicyclic) bond motifs is 1. The van der Waals surface area contributed by atoms with Crippen LogP contribution in [0.1, 0.15) is 35.2 Å². The minimum atomic E-state index is -0.186. The Labute approximate surface area is 153 Å². The maximum atomic E-state index is 13.5. The third kappa shape index (κ3) is 3.63. The Bertz CT molecular complexity index is 767. The van der Waals surface area contributed by atoms with E-state index in [1.54, 1.807) is 30.6 Å². The Morgan fingerprint density at radius 3 is 2.92 bits per heavy atom. The SMILES string of the molecule is O=C(c1cccnc1)N1C[C@@H]2CCCCN(Cc3cccc(F)c3)[C@@H]2C1. The average molecular weight is 353 g/mol. The van der Waals surface area contributed by atoms with Crippen LogP contribution in [0.3, 0.4) is 0 Å². The maximum Gasteiger partial charge on any atom is 0.255 e. The lowest BCUT2D eigenvalue weighted by molar-refractivity contribution is 0.0772. The fraction of sp³-hybridized carbons (Fsp3) is 0.429. The molecule has 2 atom stereocenters. The first-order chi connectivity index (χ1) is 12.7. The molecule has 0 radical (unpaired) electrons. The summed E-state index contributed by atoms with van der Waals surface area (Å²) in [4.78, 5) is 21.3. The summed E-state index contributed by atoms with van der Waals surface area (Å²) < 4.78 is 13.5. The number of nitrogens with zero attached hydrogens (tertiary/aromatic N) is 3. The smallest absolute Gasteiger partial charge is 0.255 e. The van der Waals surface area contributed by atoms with Crippen LogP contribution in [0.5, 0.6) is 0 Å². The first kappa shape index (κ1) is 17.2. The molecule has 0 N–H and O–H groups in total. The van der Waals surface area contributed by atoms with Gasteiger partial charge in [0.25, 0.3) is 5.91 Å². The van der Waals surface area contributed by atoms with Crippen LogP contribution in [0.15, 0.2) is 48.8 Å². The van der Waals surface area contributed by atoms with Gasteiger partial charge in [-0.1, -0.05) is 18.6 Å². The van der Waals surface area contributed by atoms with Gasteiger partial charge in [-0.3, -0.25) is 14.7 Å². The molecule has 2 saturated heterocycles. The summed E-state index contributed by atoms with van der Waals surface area (Å²) in [6, 6.07) is 10.8. The van der Waals surface area contributed by atoms with Crippen molar-refractivity contribution in [1.29, 1.82) is 0 Å². The molecule has 1 amide bonds. The molecular weight excluding hydrogens is 329 g/mol. The van der Waals surface area contributed by atoms with Crippen molar-refractivity contribution in [2.24, 2.45) is 5.92 Å². The number of aromatic nitrogens is 1. The molecule has 0 saturated carbocycles. The summed E-state index contributed by atoms with van der Waals surface area (Å²) in [5.41, 5.74) is 1.66. The molecule has 2 fully saturated rings. The van der Waals surface area contributed by atoms with Gasteiger partial charge in [0, 0.05) is 38.1 Å². The topological polar surface area (TPSA) is 36.4 Å². The predicted molar refractivity (Wildman–Crippen MR) is 98.1 cm³/mol. The highest BCUT2D eigenvalue weighted by atomic mass is 19.1. The number of rotatable bonds is 3. The number of hydrogen-bond donors (Lipinski definition) is 0. The minimum Gasteiger partial charge on any atom is -0.337 e. The van der Waals surface area contributed by atoms with Crippen molar-refractivity contribution in [3.05, 3.63) is 65.7 Å². The highest BCUT2D eigenvalue weighted by Gasteiger charge is 2.39. The van der Waals surface area contributed by atoms with Crippen molar-refractivity contribution < 1.29 is 9.18 Å². The lowest BCUT2D eigenvalue weighted by Crippen LogP contribution is -2.40. The molecule has 0 spiro atoms. The Morgan fingerprint density at radius 2 is 2.12 bits per heavy atom. The Balaban J connectivity index is 1.50. The van der Waals surface area contributed by atoms with Crippen molar-refractivity contribution in [1.82, 2.24) is 14.8 Å². The molecule has 0 bridgehead atoms. The molecule has 26 heavy (non-hydrogen) atoms. The van der Waals surface area contributed by atoms with Crippen LogP contribution < -0.4 is 0 Å². The van der Waals surface area contributed by atoms with Gasteiger partial charge in [0.15, 0.2) is 0 Å². The molecule has 1 aromatic carbocycles. The van der Waals surface area contributed by atoms with E-state index in [2.05, 4.69) is 9.88 Å². The summed E-state index contributed by atoms with van der Waals surface area (Å²) in [5, 5.41) is 0. The zero-order valence-corrected chi connectivity index (χ0v) is 14.9. The van der Waals surface area contributed by atoms with Crippen LogP contribution in [0.4, 0.5) is 4.39 Å². The number of carbonyl (C=O) groups is 1. The summed E-state index contributed by atoms with van der Waals surface area (Å²) in [5.74, 6) is 0.372. The predicted octanol–water partition coefficient (Wildman–Crippen LogP) is 3.35. The second-order valence-corrected chi connectivity index (χ2v) is 7.38. The minimum absolute atomic E-state index is 0.0666. The highest BCUT2D eigenvalue weighted by molar-refractivity contribution is 5.94. The van der Waals surface area contributed by atoms with E-state index in [9.17, 15) is 9.18 Å². The van der Waals surface area contributed by atoms with E-state index in [1.165, 1.54) is 18.9 Å². The molecule has 3 heterocycles. The Kier molecular flexibility index (Phi) is 4.98. The first-order valence-corrected chi connectivity index (χ1v) is 9.38.